The van der Waals surface area contributed by atoms with Crippen LogP contribution >= 0.6 is 0 Å². The number of anilines is 1. The first-order valence-electron chi connectivity index (χ1n) is 8.58. The van der Waals surface area contributed by atoms with Crippen molar-refractivity contribution >= 4 is 16.6 Å². The van der Waals surface area contributed by atoms with Gasteiger partial charge in [-0.2, -0.15) is 13.2 Å². The van der Waals surface area contributed by atoms with Gasteiger partial charge < -0.3 is 15.0 Å². The zero-order valence-electron chi connectivity index (χ0n) is 14.3. The van der Waals surface area contributed by atoms with E-state index in [0.717, 1.165) is 53.5 Å². The Kier molecular flexibility index (Phi) is 4.05. The Morgan fingerprint density at radius 2 is 1.88 bits per heavy atom. The van der Waals surface area contributed by atoms with Gasteiger partial charge in [0.05, 0.1) is 18.7 Å². The average Bonchev–Trinajstić information content (AvgIpc) is 3.01. The summed E-state index contributed by atoms with van der Waals surface area (Å²) in [7, 11) is 1.62. The standard InChI is InChI=1S/C20H19F3N2O/c1-26-14-8-6-13(7-9-14)24-18-4-2-3-15-16-11-12(20(21,22)23)5-10-17(16)25-19(15)18/h5-11,18,24-25H,2-4H2,1H3. The third-order valence-electron chi connectivity index (χ3n) is 4.97. The van der Waals surface area contributed by atoms with Crippen LogP contribution < -0.4 is 10.1 Å². The number of ether oxygens (including phenoxy) is 1. The number of nitrogens with one attached hydrogen (secondary N) is 2. The molecule has 0 aliphatic heterocycles. The molecule has 1 unspecified atom stereocenters. The van der Waals surface area contributed by atoms with Crippen molar-refractivity contribution in [3.05, 3.63) is 59.3 Å². The van der Waals surface area contributed by atoms with Crippen molar-refractivity contribution in [1.29, 1.82) is 0 Å². The van der Waals surface area contributed by atoms with Gasteiger partial charge >= 0.3 is 6.18 Å². The first-order valence-corrected chi connectivity index (χ1v) is 8.58. The summed E-state index contributed by atoms with van der Waals surface area (Å²) in [6.07, 6.45) is -1.67. The monoisotopic (exact) mass is 360 g/mol. The zero-order chi connectivity index (χ0) is 18.3. The van der Waals surface area contributed by atoms with Crippen LogP contribution in [0.3, 0.4) is 0 Å². The molecule has 136 valence electrons. The lowest BCUT2D eigenvalue weighted by Crippen LogP contribution is -2.17. The van der Waals surface area contributed by atoms with Gasteiger partial charge in [-0.05, 0) is 67.3 Å². The zero-order valence-corrected chi connectivity index (χ0v) is 14.3. The summed E-state index contributed by atoms with van der Waals surface area (Å²) < 4.78 is 44.3. The molecule has 1 atom stereocenters. The second-order valence-electron chi connectivity index (χ2n) is 6.59. The molecule has 0 radical (unpaired) electrons. The van der Waals surface area contributed by atoms with Gasteiger partial charge in [-0.3, -0.25) is 0 Å². The maximum Gasteiger partial charge on any atom is 0.416 e. The maximum atomic E-state index is 13.0. The van der Waals surface area contributed by atoms with Crippen molar-refractivity contribution in [2.24, 2.45) is 0 Å². The van der Waals surface area contributed by atoms with Gasteiger partial charge in [0.25, 0.3) is 0 Å². The van der Waals surface area contributed by atoms with Gasteiger partial charge in [0.1, 0.15) is 5.75 Å². The molecule has 3 nitrogen and oxygen atoms in total. The molecule has 0 amide bonds. The van der Waals surface area contributed by atoms with Gasteiger partial charge in [0.15, 0.2) is 0 Å². The fraction of sp³-hybridized carbons (Fsp3) is 0.300. The van der Waals surface area contributed by atoms with Gasteiger partial charge in [-0.25, -0.2) is 0 Å². The molecule has 1 aliphatic rings. The van der Waals surface area contributed by atoms with E-state index in [2.05, 4.69) is 10.3 Å². The second-order valence-corrected chi connectivity index (χ2v) is 6.59. The number of rotatable bonds is 3. The molecule has 6 heteroatoms. The molecule has 4 rings (SSSR count). The molecule has 1 heterocycles. The molecule has 0 saturated carbocycles. The number of fused-ring (bicyclic) bond motifs is 3. The van der Waals surface area contributed by atoms with E-state index < -0.39 is 11.7 Å². The molecule has 0 spiro atoms. The Labute approximate surface area is 149 Å². The highest BCUT2D eigenvalue weighted by molar-refractivity contribution is 5.86. The Morgan fingerprint density at radius 3 is 2.58 bits per heavy atom. The van der Waals surface area contributed by atoms with Crippen molar-refractivity contribution in [2.45, 2.75) is 31.5 Å². The van der Waals surface area contributed by atoms with Crippen LogP contribution in [-0.2, 0) is 12.6 Å². The fourth-order valence-electron chi connectivity index (χ4n) is 3.67. The molecule has 0 fully saturated rings. The van der Waals surface area contributed by atoms with Crippen molar-refractivity contribution in [3.63, 3.8) is 0 Å². The minimum atomic E-state index is -4.33. The van der Waals surface area contributed by atoms with E-state index in [9.17, 15) is 13.2 Å². The van der Waals surface area contributed by atoms with Crippen LogP contribution in [0.1, 0.15) is 35.7 Å². The van der Waals surface area contributed by atoms with E-state index in [1.807, 2.05) is 24.3 Å². The molecular weight excluding hydrogens is 341 g/mol. The number of aromatic nitrogens is 1. The summed E-state index contributed by atoms with van der Waals surface area (Å²) >= 11 is 0. The number of aromatic amines is 1. The number of aryl methyl sites for hydroxylation is 1. The van der Waals surface area contributed by atoms with Crippen LogP contribution in [0, 0.1) is 0 Å². The van der Waals surface area contributed by atoms with Crippen LogP contribution in [-0.4, -0.2) is 12.1 Å². The van der Waals surface area contributed by atoms with Crippen LogP contribution in [0.4, 0.5) is 18.9 Å². The fourth-order valence-corrected chi connectivity index (χ4v) is 3.67. The van der Waals surface area contributed by atoms with Crippen LogP contribution in [0.5, 0.6) is 5.75 Å². The van der Waals surface area contributed by atoms with Crippen molar-refractivity contribution < 1.29 is 17.9 Å². The Bertz CT molecular complexity index is 929. The molecule has 2 aromatic carbocycles. The number of H-pyrrole nitrogens is 1. The van der Waals surface area contributed by atoms with E-state index in [1.54, 1.807) is 7.11 Å². The van der Waals surface area contributed by atoms with E-state index in [0.29, 0.717) is 5.39 Å². The van der Waals surface area contributed by atoms with Crippen molar-refractivity contribution in [1.82, 2.24) is 4.98 Å². The third kappa shape index (κ3) is 3.00. The summed E-state index contributed by atoms with van der Waals surface area (Å²) in [5, 5.41) is 4.16. The summed E-state index contributed by atoms with van der Waals surface area (Å²) in [4.78, 5) is 3.33. The van der Waals surface area contributed by atoms with Gasteiger partial charge in [-0.1, -0.05) is 0 Å². The number of hydrogen-bond acceptors (Lipinski definition) is 2. The SMILES string of the molecule is COc1ccc(NC2CCCc3c2[nH]c2ccc(C(F)(F)F)cc32)cc1. The largest absolute Gasteiger partial charge is 0.497 e. The Balaban J connectivity index is 1.69. The Morgan fingerprint density at radius 1 is 1.12 bits per heavy atom. The topological polar surface area (TPSA) is 37.0 Å². The predicted octanol–water partition coefficient (Wildman–Crippen LogP) is 5.68. The molecule has 0 bridgehead atoms. The number of methoxy groups -OCH3 is 1. The number of alkyl halides is 3. The van der Waals surface area contributed by atoms with Crippen LogP contribution in [0.15, 0.2) is 42.5 Å². The second kappa shape index (κ2) is 6.27. The molecule has 0 saturated heterocycles. The lowest BCUT2D eigenvalue weighted by molar-refractivity contribution is -0.137. The van der Waals surface area contributed by atoms with E-state index in [1.165, 1.54) is 12.1 Å². The number of benzene rings is 2. The highest BCUT2D eigenvalue weighted by Gasteiger charge is 2.32. The third-order valence-corrected chi connectivity index (χ3v) is 4.97. The quantitative estimate of drug-likeness (QED) is 0.630. The average molecular weight is 360 g/mol. The maximum absolute atomic E-state index is 13.0. The van der Waals surface area contributed by atoms with Crippen molar-refractivity contribution in [2.75, 3.05) is 12.4 Å². The number of halogens is 3. The molecule has 1 aliphatic carbocycles. The first kappa shape index (κ1) is 16.8. The smallest absolute Gasteiger partial charge is 0.416 e. The molecular formula is C20H19F3N2O. The highest BCUT2D eigenvalue weighted by atomic mass is 19.4. The Hall–Kier alpha value is -2.63. The van der Waals surface area contributed by atoms with E-state index in [-0.39, 0.29) is 6.04 Å². The summed E-state index contributed by atoms with van der Waals surface area (Å²) in [6.45, 7) is 0. The molecule has 1 aromatic heterocycles. The molecule has 2 N–H and O–H groups in total. The first-order chi connectivity index (χ1) is 12.5. The van der Waals surface area contributed by atoms with E-state index in [4.69, 9.17) is 4.74 Å². The lowest BCUT2D eigenvalue weighted by Gasteiger charge is -2.25. The van der Waals surface area contributed by atoms with E-state index >= 15 is 0 Å². The van der Waals surface area contributed by atoms with Crippen LogP contribution in [0.25, 0.3) is 10.9 Å². The summed E-state index contributed by atoms with van der Waals surface area (Å²) in [6, 6.07) is 11.6. The minimum Gasteiger partial charge on any atom is -0.497 e. The van der Waals surface area contributed by atoms with Gasteiger partial charge in [0, 0.05) is 22.3 Å². The summed E-state index contributed by atoms with van der Waals surface area (Å²) in [5.74, 6) is 0.783. The lowest BCUT2D eigenvalue weighted by atomic mass is 9.91. The minimum absolute atomic E-state index is 0.0499. The van der Waals surface area contributed by atoms with Crippen LogP contribution in [0.2, 0.25) is 0 Å². The van der Waals surface area contributed by atoms with Crippen molar-refractivity contribution in [3.8, 4) is 5.75 Å². The van der Waals surface area contributed by atoms with Gasteiger partial charge in [0.2, 0.25) is 0 Å². The van der Waals surface area contributed by atoms with Gasteiger partial charge in [-0.15, -0.1) is 0 Å². The predicted molar refractivity (Wildman–Crippen MR) is 95.6 cm³/mol. The highest BCUT2D eigenvalue weighted by Crippen LogP contribution is 2.39. The summed E-state index contributed by atoms with van der Waals surface area (Å²) in [5.41, 5.74) is 3.09. The molecule has 26 heavy (non-hydrogen) atoms. The molecule has 3 aromatic rings. The number of hydrogen-bond donors (Lipinski definition) is 2. The normalized spacial score (nSPS) is 17.2.